The SMILES string of the molecule is CCc1cccc(C)c1N(C(=O)c1cccs1)C1CCN(CCc2ccccc2)CC1. The quantitative estimate of drug-likeness (QED) is 0.459. The van der Waals surface area contributed by atoms with Gasteiger partial charge in [-0.3, -0.25) is 4.79 Å². The molecule has 2 heterocycles. The second kappa shape index (κ2) is 10.3. The van der Waals surface area contributed by atoms with Crippen molar-refractivity contribution in [3.8, 4) is 0 Å². The Balaban J connectivity index is 1.51. The molecule has 0 atom stereocenters. The highest BCUT2D eigenvalue weighted by atomic mass is 32.1. The summed E-state index contributed by atoms with van der Waals surface area (Å²) >= 11 is 1.54. The van der Waals surface area contributed by atoms with Gasteiger partial charge in [-0.1, -0.05) is 61.5 Å². The van der Waals surface area contributed by atoms with Crippen molar-refractivity contribution in [2.24, 2.45) is 0 Å². The van der Waals surface area contributed by atoms with Gasteiger partial charge in [0.2, 0.25) is 0 Å². The van der Waals surface area contributed by atoms with Crippen molar-refractivity contribution < 1.29 is 4.79 Å². The summed E-state index contributed by atoms with van der Waals surface area (Å²) in [6.07, 6.45) is 4.05. The molecule has 0 saturated carbocycles. The van der Waals surface area contributed by atoms with E-state index in [1.165, 1.54) is 16.7 Å². The van der Waals surface area contributed by atoms with Gasteiger partial charge < -0.3 is 9.80 Å². The number of rotatable bonds is 7. The van der Waals surface area contributed by atoms with E-state index >= 15 is 0 Å². The van der Waals surface area contributed by atoms with Crippen LogP contribution in [0.5, 0.6) is 0 Å². The van der Waals surface area contributed by atoms with Crippen LogP contribution in [0.15, 0.2) is 66.0 Å². The lowest BCUT2D eigenvalue weighted by Gasteiger charge is -2.40. The van der Waals surface area contributed by atoms with Gasteiger partial charge in [0.25, 0.3) is 5.91 Å². The number of amides is 1. The number of likely N-dealkylation sites (tertiary alicyclic amines) is 1. The maximum atomic E-state index is 13.6. The van der Waals surface area contributed by atoms with E-state index in [0.29, 0.717) is 0 Å². The third-order valence-corrected chi connectivity index (χ3v) is 7.23. The zero-order valence-electron chi connectivity index (χ0n) is 18.6. The summed E-state index contributed by atoms with van der Waals surface area (Å²) in [6, 6.07) is 21.3. The summed E-state index contributed by atoms with van der Waals surface area (Å²) in [6.45, 7) is 7.48. The van der Waals surface area contributed by atoms with E-state index in [2.05, 4.69) is 72.2 Å². The Bertz CT molecular complexity index is 976. The number of para-hydroxylation sites is 1. The number of nitrogens with zero attached hydrogens (tertiary/aromatic N) is 2. The van der Waals surface area contributed by atoms with Gasteiger partial charge in [0.05, 0.1) is 10.6 Å². The first-order valence-corrected chi connectivity index (χ1v) is 12.3. The molecule has 0 bridgehead atoms. The Labute approximate surface area is 190 Å². The summed E-state index contributed by atoms with van der Waals surface area (Å²) in [5, 5.41) is 2.00. The fraction of sp³-hybridized carbons (Fsp3) is 0.370. The Kier molecular flexibility index (Phi) is 7.21. The lowest BCUT2D eigenvalue weighted by Crippen LogP contribution is -2.48. The molecular formula is C27H32N2OS. The Morgan fingerprint density at radius 2 is 1.81 bits per heavy atom. The van der Waals surface area contributed by atoms with Crippen LogP contribution in [0.2, 0.25) is 0 Å². The highest BCUT2D eigenvalue weighted by molar-refractivity contribution is 7.12. The number of piperidine rings is 1. The number of thiophene rings is 1. The van der Waals surface area contributed by atoms with Crippen LogP contribution >= 0.6 is 11.3 Å². The number of anilines is 1. The summed E-state index contributed by atoms with van der Waals surface area (Å²) < 4.78 is 0. The molecule has 0 unspecified atom stereocenters. The summed E-state index contributed by atoms with van der Waals surface area (Å²) in [4.78, 5) is 19.2. The maximum absolute atomic E-state index is 13.6. The van der Waals surface area contributed by atoms with Crippen molar-refractivity contribution in [3.05, 3.63) is 87.6 Å². The van der Waals surface area contributed by atoms with Gasteiger partial charge in [0.15, 0.2) is 0 Å². The number of aryl methyl sites for hydroxylation is 2. The molecule has 1 aliphatic heterocycles. The topological polar surface area (TPSA) is 23.6 Å². The van der Waals surface area contributed by atoms with Crippen molar-refractivity contribution in [2.45, 2.75) is 45.6 Å². The molecule has 1 amide bonds. The van der Waals surface area contributed by atoms with Gasteiger partial charge in [-0.15, -0.1) is 11.3 Å². The zero-order chi connectivity index (χ0) is 21.6. The molecule has 1 aromatic heterocycles. The Morgan fingerprint density at radius 1 is 1.03 bits per heavy atom. The van der Waals surface area contributed by atoms with Crippen LogP contribution in [0.1, 0.15) is 46.1 Å². The lowest BCUT2D eigenvalue weighted by molar-refractivity contribution is 0.0963. The monoisotopic (exact) mass is 432 g/mol. The first-order valence-electron chi connectivity index (χ1n) is 11.4. The van der Waals surface area contributed by atoms with Crippen molar-refractivity contribution in [1.29, 1.82) is 0 Å². The molecule has 3 aromatic rings. The van der Waals surface area contributed by atoms with Crippen LogP contribution in [0.25, 0.3) is 0 Å². The standard InChI is InChI=1S/C27H32N2OS/c1-3-23-12-7-9-21(2)26(23)29(27(30)25-13-8-20-31-25)24-15-18-28(19-16-24)17-14-22-10-5-4-6-11-22/h4-13,20,24H,3,14-19H2,1-2H3. The third kappa shape index (κ3) is 5.08. The minimum atomic E-state index is 0.154. The highest BCUT2D eigenvalue weighted by Gasteiger charge is 2.32. The fourth-order valence-corrected chi connectivity index (χ4v) is 5.31. The molecular weight excluding hydrogens is 400 g/mol. The maximum Gasteiger partial charge on any atom is 0.268 e. The van der Waals surface area contributed by atoms with E-state index in [4.69, 9.17) is 0 Å². The van der Waals surface area contributed by atoms with E-state index < -0.39 is 0 Å². The molecule has 1 aliphatic rings. The summed E-state index contributed by atoms with van der Waals surface area (Å²) in [7, 11) is 0. The van der Waals surface area contributed by atoms with Crippen LogP contribution in [-0.4, -0.2) is 36.5 Å². The molecule has 3 nitrogen and oxygen atoms in total. The predicted octanol–water partition coefficient (Wildman–Crippen LogP) is 5.97. The van der Waals surface area contributed by atoms with Gasteiger partial charge in [-0.05, 0) is 60.7 Å². The smallest absolute Gasteiger partial charge is 0.268 e. The van der Waals surface area contributed by atoms with Crippen molar-refractivity contribution >= 4 is 22.9 Å². The van der Waals surface area contributed by atoms with Crippen LogP contribution in [0, 0.1) is 6.92 Å². The Hall–Kier alpha value is -2.43. The lowest BCUT2D eigenvalue weighted by atomic mass is 9.97. The van der Waals surface area contributed by atoms with Gasteiger partial charge >= 0.3 is 0 Å². The van der Waals surface area contributed by atoms with Gasteiger partial charge in [0.1, 0.15) is 0 Å². The van der Waals surface area contributed by atoms with Crippen molar-refractivity contribution in [2.75, 3.05) is 24.5 Å². The molecule has 31 heavy (non-hydrogen) atoms. The molecule has 4 heteroatoms. The largest absolute Gasteiger partial charge is 0.304 e. The number of hydrogen-bond donors (Lipinski definition) is 0. The molecule has 2 aromatic carbocycles. The molecule has 0 aliphatic carbocycles. The second-order valence-corrected chi connectivity index (χ2v) is 9.34. The van der Waals surface area contributed by atoms with E-state index in [9.17, 15) is 4.79 Å². The molecule has 0 N–H and O–H groups in total. The normalized spacial score (nSPS) is 15.2. The van der Waals surface area contributed by atoms with Gasteiger partial charge in [-0.25, -0.2) is 0 Å². The van der Waals surface area contributed by atoms with Crippen LogP contribution in [-0.2, 0) is 12.8 Å². The van der Waals surface area contributed by atoms with E-state index in [1.54, 1.807) is 11.3 Å². The summed E-state index contributed by atoms with van der Waals surface area (Å²) in [5.41, 5.74) is 4.98. The highest BCUT2D eigenvalue weighted by Crippen LogP contribution is 2.33. The molecule has 162 valence electrons. The second-order valence-electron chi connectivity index (χ2n) is 8.40. The van der Waals surface area contributed by atoms with E-state index in [0.717, 1.165) is 55.9 Å². The molecule has 1 fully saturated rings. The summed E-state index contributed by atoms with van der Waals surface area (Å²) in [5.74, 6) is 0.154. The number of benzene rings is 2. The molecule has 4 rings (SSSR count). The third-order valence-electron chi connectivity index (χ3n) is 6.38. The Morgan fingerprint density at radius 3 is 2.48 bits per heavy atom. The van der Waals surface area contributed by atoms with Crippen molar-refractivity contribution in [1.82, 2.24) is 4.90 Å². The first-order chi connectivity index (χ1) is 15.2. The minimum absolute atomic E-state index is 0.154. The molecule has 0 radical (unpaired) electrons. The van der Waals surface area contributed by atoms with Gasteiger partial charge in [0, 0.05) is 25.7 Å². The number of carbonyl (C=O) groups is 1. The van der Waals surface area contributed by atoms with Crippen LogP contribution in [0.3, 0.4) is 0 Å². The van der Waals surface area contributed by atoms with E-state index in [1.807, 2.05) is 17.5 Å². The average Bonchev–Trinajstić information content (AvgIpc) is 3.35. The predicted molar refractivity (Wildman–Crippen MR) is 131 cm³/mol. The zero-order valence-corrected chi connectivity index (χ0v) is 19.4. The van der Waals surface area contributed by atoms with Crippen LogP contribution in [0.4, 0.5) is 5.69 Å². The van der Waals surface area contributed by atoms with Crippen molar-refractivity contribution in [3.63, 3.8) is 0 Å². The average molecular weight is 433 g/mol. The minimum Gasteiger partial charge on any atom is -0.304 e. The first kappa shape index (κ1) is 21.8. The molecule has 1 saturated heterocycles. The number of carbonyl (C=O) groups excluding carboxylic acids is 1. The molecule has 0 spiro atoms. The van der Waals surface area contributed by atoms with E-state index in [-0.39, 0.29) is 11.9 Å². The fourth-order valence-electron chi connectivity index (χ4n) is 4.65. The van der Waals surface area contributed by atoms with Crippen LogP contribution < -0.4 is 4.90 Å². The van der Waals surface area contributed by atoms with Gasteiger partial charge in [-0.2, -0.15) is 0 Å². The number of hydrogen-bond acceptors (Lipinski definition) is 3.